The van der Waals surface area contributed by atoms with Crippen molar-refractivity contribution in [2.45, 2.75) is 31.6 Å². The van der Waals surface area contributed by atoms with Gasteiger partial charge in [-0.25, -0.2) is 0 Å². The smallest absolute Gasteiger partial charge is 0.276 e. The van der Waals surface area contributed by atoms with Crippen LogP contribution in [-0.4, -0.2) is 47.8 Å². The Bertz CT molecular complexity index is 489. The number of H-pyrrole nitrogens is 1. The van der Waals surface area contributed by atoms with Gasteiger partial charge in [0.1, 0.15) is 0 Å². The van der Waals surface area contributed by atoms with Crippen molar-refractivity contribution in [2.24, 2.45) is 5.92 Å². The Morgan fingerprint density at radius 1 is 1.40 bits per heavy atom. The number of hydrogen-bond acceptors (Lipinski definition) is 4. The molecule has 0 bridgehead atoms. The first-order valence-corrected chi connectivity index (χ1v) is 7.33. The molecule has 0 radical (unpaired) electrons. The number of nitrogen functional groups attached to an aromatic ring is 1. The van der Waals surface area contributed by atoms with E-state index in [1.165, 1.54) is 0 Å². The van der Waals surface area contributed by atoms with Gasteiger partial charge in [0, 0.05) is 32.7 Å². The topological polar surface area (TPSA) is 84.2 Å². The molecule has 20 heavy (non-hydrogen) atoms. The molecule has 1 aromatic heterocycles. The van der Waals surface area contributed by atoms with Gasteiger partial charge < -0.3 is 15.4 Å². The van der Waals surface area contributed by atoms with Crippen LogP contribution >= 0.6 is 0 Å². The minimum atomic E-state index is -0.0860. The summed E-state index contributed by atoms with van der Waals surface area (Å²) >= 11 is 0. The predicted octanol–water partition coefficient (Wildman–Crippen LogP) is 1.37. The van der Waals surface area contributed by atoms with E-state index in [0.29, 0.717) is 23.2 Å². The van der Waals surface area contributed by atoms with Crippen molar-refractivity contribution in [1.82, 2.24) is 15.1 Å². The highest BCUT2D eigenvalue weighted by Crippen LogP contribution is 2.42. The standard InChI is InChI=1S/C14H22N4O2/c1-18(8-9-4-6-20-7-5-9)14(19)13-11(15)12(16-17-13)10-2-3-10/h9-10H,2-8,15H2,1H3,(H,16,17). The van der Waals surface area contributed by atoms with E-state index >= 15 is 0 Å². The molecule has 0 spiro atoms. The van der Waals surface area contributed by atoms with Crippen LogP contribution in [0.5, 0.6) is 0 Å². The maximum absolute atomic E-state index is 12.4. The first-order chi connectivity index (χ1) is 9.66. The molecule has 1 aliphatic carbocycles. The van der Waals surface area contributed by atoms with Crippen LogP contribution in [0.4, 0.5) is 5.69 Å². The van der Waals surface area contributed by atoms with Gasteiger partial charge in [0.05, 0.1) is 11.4 Å². The molecule has 2 fully saturated rings. The summed E-state index contributed by atoms with van der Waals surface area (Å²) in [4.78, 5) is 14.2. The zero-order valence-corrected chi connectivity index (χ0v) is 11.9. The summed E-state index contributed by atoms with van der Waals surface area (Å²) in [6, 6.07) is 0. The van der Waals surface area contributed by atoms with Gasteiger partial charge in [-0.3, -0.25) is 9.89 Å². The molecule has 2 heterocycles. The van der Waals surface area contributed by atoms with Crippen LogP contribution in [0.25, 0.3) is 0 Å². The van der Waals surface area contributed by atoms with Crippen LogP contribution in [-0.2, 0) is 4.74 Å². The first kappa shape index (κ1) is 13.4. The molecule has 6 heteroatoms. The summed E-state index contributed by atoms with van der Waals surface area (Å²) in [6.07, 6.45) is 4.30. The van der Waals surface area contributed by atoms with E-state index in [9.17, 15) is 4.79 Å². The molecule has 0 aromatic carbocycles. The Labute approximate surface area is 118 Å². The fourth-order valence-corrected chi connectivity index (χ4v) is 2.79. The summed E-state index contributed by atoms with van der Waals surface area (Å²) in [7, 11) is 1.82. The molecule has 0 unspecified atom stereocenters. The molecule has 1 amide bonds. The third-order valence-corrected chi connectivity index (χ3v) is 4.24. The summed E-state index contributed by atoms with van der Waals surface area (Å²) < 4.78 is 5.34. The number of anilines is 1. The highest BCUT2D eigenvalue weighted by molar-refractivity contribution is 5.97. The average molecular weight is 278 g/mol. The van der Waals surface area contributed by atoms with Crippen LogP contribution in [0.15, 0.2) is 0 Å². The minimum Gasteiger partial charge on any atom is -0.395 e. The van der Waals surface area contributed by atoms with Crippen molar-refractivity contribution >= 4 is 11.6 Å². The van der Waals surface area contributed by atoms with Gasteiger partial charge in [-0.15, -0.1) is 0 Å². The SMILES string of the molecule is CN(CC1CCOCC1)C(=O)c1n[nH]c(C2CC2)c1N. The quantitative estimate of drug-likeness (QED) is 0.871. The normalized spacial score (nSPS) is 20.1. The molecule has 6 nitrogen and oxygen atoms in total. The fourth-order valence-electron chi connectivity index (χ4n) is 2.79. The number of hydrogen-bond donors (Lipinski definition) is 2. The van der Waals surface area contributed by atoms with Crippen LogP contribution in [0.3, 0.4) is 0 Å². The number of rotatable bonds is 4. The lowest BCUT2D eigenvalue weighted by Gasteiger charge is -2.26. The average Bonchev–Trinajstić information content (AvgIpc) is 3.22. The van der Waals surface area contributed by atoms with Crippen molar-refractivity contribution in [3.05, 3.63) is 11.4 Å². The van der Waals surface area contributed by atoms with Crippen molar-refractivity contribution in [3.63, 3.8) is 0 Å². The highest BCUT2D eigenvalue weighted by Gasteiger charge is 2.31. The number of carbonyl (C=O) groups excluding carboxylic acids is 1. The number of carbonyl (C=O) groups is 1. The largest absolute Gasteiger partial charge is 0.395 e. The first-order valence-electron chi connectivity index (χ1n) is 7.33. The van der Waals surface area contributed by atoms with E-state index in [4.69, 9.17) is 10.5 Å². The predicted molar refractivity (Wildman–Crippen MR) is 75.5 cm³/mol. The summed E-state index contributed by atoms with van der Waals surface area (Å²) in [5.41, 5.74) is 7.91. The van der Waals surface area contributed by atoms with Crippen LogP contribution in [0.1, 0.15) is 47.8 Å². The van der Waals surface area contributed by atoms with Crippen molar-refractivity contribution in [2.75, 3.05) is 32.5 Å². The number of amides is 1. The molecule has 110 valence electrons. The molecule has 1 saturated carbocycles. The fraction of sp³-hybridized carbons (Fsp3) is 0.714. The van der Waals surface area contributed by atoms with E-state index < -0.39 is 0 Å². The Kier molecular flexibility index (Phi) is 3.65. The zero-order valence-electron chi connectivity index (χ0n) is 11.9. The maximum Gasteiger partial charge on any atom is 0.276 e. The lowest BCUT2D eigenvalue weighted by atomic mass is 10.00. The molecular weight excluding hydrogens is 256 g/mol. The Balaban J connectivity index is 1.65. The van der Waals surface area contributed by atoms with Gasteiger partial charge in [-0.2, -0.15) is 5.10 Å². The number of nitrogens with zero attached hydrogens (tertiary/aromatic N) is 2. The monoisotopic (exact) mass is 278 g/mol. The summed E-state index contributed by atoms with van der Waals surface area (Å²) in [5.74, 6) is 0.905. The Morgan fingerprint density at radius 2 is 2.10 bits per heavy atom. The van der Waals surface area contributed by atoms with Gasteiger partial charge in [-0.1, -0.05) is 0 Å². The van der Waals surface area contributed by atoms with Gasteiger partial charge >= 0.3 is 0 Å². The molecule has 0 atom stereocenters. The number of ether oxygens (including phenoxy) is 1. The van der Waals surface area contributed by atoms with Gasteiger partial charge in [0.25, 0.3) is 5.91 Å². The molecular formula is C14H22N4O2. The van der Waals surface area contributed by atoms with Crippen LogP contribution < -0.4 is 5.73 Å². The Hall–Kier alpha value is -1.56. The van der Waals surface area contributed by atoms with Gasteiger partial charge in [0.2, 0.25) is 0 Å². The van der Waals surface area contributed by atoms with Crippen molar-refractivity contribution in [1.29, 1.82) is 0 Å². The molecule has 3 rings (SSSR count). The third-order valence-electron chi connectivity index (χ3n) is 4.24. The maximum atomic E-state index is 12.4. The second-order valence-corrected chi connectivity index (χ2v) is 5.92. The molecule has 1 aliphatic heterocycles. The minimum absolute atomic E-state index is 0.0860. The molecule has 3 N–H and O–H groups in total. The van der Waals surface area contributed by atoms with E-state index in [1.54, 1.807) is 4.90 Å². The van der Waals surface area contributed by atoms with E-state index in [2.05, 4.69) is 10.2 Å². The summed E-state index contributed by atoms with van der Waals surface area (Å²) in [6.45, 7) is 2.33. The van der Waals surface area contributed by atoms with Crippen molar-refractivity contribution in [3.8, 4) is 0 Å². The zero-order chi connectivity index (χ0) is 14.1. The third kappa shape index (κ3) is 2.65. The lowest BCUT2D eigenvalue weighted by Crippen LogP contribution is -2.34. The molecule has 1 aromatic rings. The molecule has 2 aliphatic rings. The van der Waals surface area contributed by atoms with Crippen LogP contribution in [0.2, 0.25) is 0 Å². The summed E-state index contributed by atoms with van der Waals surface area (Å²) in [5, 5.41) is 7.06. The van der Waals surface area contributed by atoms with E-state index in [0.717, 1.165) is 51.1 Å². The van der Waals surface area contributed by atoms with E-state index in [-0.39, 0.29) is 5.91 Å². The number of aromatic nitrogens is 2. The second-order valence-electron chi connectivity index (χ2n) is 5.92. The lowest BCUT2D eigenvalue weighted by molar-refractivity contribution is 0.0495. The highest BCUT2D eigenvalue weighted by atomic mass is 16.5. The Morgan fingerprint density at radius 3 is 2.75 bits per heavy atom. The second kappa shape index (κ2) is 5.44. The molecule has 1 saturated heterocycles. The number of nitrogens with one attached hydrogen (secondary N) is 1. The number of nitrogens with two attached hydrogens (primary N) is 1. The van der Waals surface area contributed by atoms with Crippen molar-refractivity contribution < 1.29 is 9.53 Å². The van der Waals surface area contributed by atoms with Crippen LogP contribution in [0, 0.1) is 5.92 Å². The van der Waals surface area contributed by atoms with Gasteiger partial charge in [0.15, 0.2) is 5.69 Å². The van der Waals surface area contributed by atoms with Gasteiger partial charge in [-0.05, 0) is 31.6 Å². The number of aromatic amines is 1. The van der Waals surface area contributed by atoms with E-state index in [1.807, 2.05) is 7.05 Å².